The molecule has 4 aromatic carbocycles. The van der Waals surface area contributed by atoms with Crippen LogP contribution in [0.4, 0.5) is 5.95 Å². The Morgan fingerprint density at radius 3 is 2.44 bits per heavy atom. The summed E-state index contributed by atoms with van der Waals surface area (Å²) in [4.78, 5) is 33.8. The van der Waals surface area contributed by atoms with Gasteiger partial charge in [-0.05, 0) is 37.9 Å². The number of fused-ring (bicyclic) bond motifs is 4. The van der Waals surface area contributed by atoms with Gasteiger partial charge in [-0.25, -0.2) is 14.1 Å². The average molecular weight is 742 g/mol. The van der Waals surface area contributed by atoms with Crippen LogP contribution in [0.1, 0.15) is 24.3 Å². The molecule has 0 radical (unpaired) electrons. The highest BCUT2D eigenvalue weighted by molar-refractivity contribution is 8.44. The van der Waals surface area contributed by atoms with E-state index in [4.69, 9.17) is 33.3 Å². The molecule has 0 aliphatic carbocycles. The maximum Gasteiger partial charge on any atom is 0.472 e. The lowest BCUT2D eigenvalue weighted by molar-refractivity contribution is -0.0583. The molecule has 0 amide bonds. The van der Waals surface area contributed by atoms with Gasteiger partial charge in [0.25, 0.3) is 5.56 Å². The number of hydrogen-bond donors (Lipinski definition) is 5. The Morgan fingerprint density at radius 1 is 0.920 bits per heavy atom. The second-order valence-electron chi connectivity index (χ2n) is 12.5. The molecule has 19 heteroatoms. The Hall–Kier alpha value is -3.44. The second kappa shape index (κ2) is 11.8. The molecule has 3 fully saturated rings. The first-order valence-corrected chi connectivity index (χ1v) is 19.8. The van der Waals surface area contributed by atoms with Crippen LogP contribution < -0.4 is 11.3 Å². The van der Waals surface area contributed by atoms with Gasteiger partial charge in [-0.3, -0.25) is 32.4 Å². The van der Waals surface area contributed by atoms with Crippen LogP contribution in [-0.2, 0) is 36.7 Å². The molecule has 5 N–H and O–H groups in total. The van der Waals surface area contributed by atoms with Crippen LogP contribution in [0.15, 0.2) is 65.7 Å². The van der Waals surface area contributed by atoms with Gasteiger partial charge in [-0.15, -0.1) is 0 Å². The summed E-state index contributed by atoms with van der Waals surface area (Å²) in [7, 11) is -4.81. The van der Waals surface area contributed by atoms with Crippen molar-refractivity contribution in [3.63, 3.8) is 0 Å². The summed E-state index contributed by atoms with van der Waals surface area (Å²) in [5, 5.41) is 17.6. The molecule has 2 bridgehead atoms. The van der Waals surface area contributed by atoms with Gasteiger partial charge in [-0.2, -0.15) is 4.98 Å². The zero-order valence-corrected chi connectivity index (χ0v) is 28.4. The first-order valence-electron chi connectivity index (χ1n) is 15.6. The van der Waals surface area contributed by atoms with E-state index < -0.39 is 76.2 Å². The van der Waals surface area contributed by atoms with Crippen LogP contribution in [0.25, 0.3) is 43.5 Å². The second-order valence-corrected chi connectivity index (χ2v) is 16.8. The third-order valence-electron chi connectivity index (χ3n) is 9.47. The number of imidazole rings is 1. The number of nitrogens with two attached hydrogens (primary N) is 1. The lowest BCUT2D eigenvalue weighted by Gasteiger charge is -2.26. The lowest BCUT2D eigenvalue weighted by atomic mass is 9.90. The van der Waals surface area contributed by atoms with Crippen LogP contribution in [0.5, 0.6) is 0 Å². The number of ether oxygens (including phenoxy) is 2. The van der Waals surface area contributed by atoms with Gasteiger partial charge in [0.15, 0.2) is 17.4 Å². The van der Waals surface area contributed by atoms with Gasteiger partial charge < -0.3 is 25.2 Å². The molecule has 16 nitrogen and oxygen atoms in total. The Labute approximate surface area is 287 Å². The first-order chi connectivity index (χ1) is 23.9. The summed E-state index contributed by atoms with van der Waals surface area (Å²) in [5.74, 6) is -0.213. The Balaban J connectivity index is 1.04. The van der Waals surface area contributed by atoms with E-state index in [-0.39, 0.29) is 23.5 Å². The molecule has 0 saturated carbocycles. The molecule has 2 aromatic heterocycles. The van der Waals surface area contributed by atoms with Crippen LogP contribution >= 0.6 is 26.9 Å². The molecule has 50 heavy (non-hydrogen) atoms. The summed E-state index contributed by atoms with van der Waals surface area (Å²) >= 11 is 4.18. The quantitative estimate of drug-likeness (QED) is 0.0947. The average Bonchev–Trinajstić information content (AvgIpc) is 3.76. The number of aromatic amines is 1. The van der Waals surface area contributed by atoms with Crippen LogP contribution in [0, 0.1) is 0 Å². The van der Waals surface area contributed by atoms with E-state index in [0.717, 1.165) is 37.9 Å². The smallest absolute Gasteiger partial charge is 0.387 e. The minimum Gasteiger partial charge on any atom is -0.387 e. The minimum atomic E-state index is -4.81. The monoisotopic (exact) mass is 741 g/mol. The summed E-state index contributed by atoms with van der Waals surface area (Å²) < 4.78 is 63.1. The van der Waals surface area contributed by atoms with Gasteiger partial charge in [0.2, 0.25) is 5.95 Å². The largest absolute Gasteiger partial charge is 0.472 e. The first kappa shape index (κ1) is 32.5. The van der Waals surface area contributed by atoms with E-state index in [1.54, 1.807) is 0 Å². The lowest BCUT2D eigenvalue weighted by Crippen LogP contribution is -2.35. The van der Waals surface area contributed by atoms with Crippen molar-refractivity contribution in [2.24, 2.45) is 0 Å². The van der Waals surface area contributed by atoms with Crippen LogP contribution in [0.2, 0.25) is 0 Å². The number of H-pyrrole nitrogens is 1. The summed E-state index contributed by atoms with van der Waals surface area (Å²) in [5.41, 5.74) is 5.84. The number of hydrogen-bond acceptors (Lipinski definition) is 13. The van der Waals surface area contributed by atoms with E-state index in [1.165, 1.54) is 10.9 Å². The number of nitrogens with zero attached hydrogens (tertiary/aromatic N) is 3. The summed E-state index contributed by atoms with van der Waals surface area (Å²) in [6.07, 6.45) is -6.97. The minimum absolute atomic E-state index is 0.0224. The zero-order chi connectivity index (χ0) is 34.5. The fraction of sp³-hybridized carbons (Fsp3) is 0.323. The molecule has 5 heterocycles. The number of nitrogens with one attached hydrogen (secondary N) is 1. The molecule has 3 aliphatic heterocycles. The zero-order valence-electron chi connectivity index (χ0n) is 25.8. The Bertz CT molecular complexity index is 2450. The molecule has 9 atom stereocenters. The number of benzene rings is 4. The van der Waals surface area contributed by atoms with Crippen molar-refractivity contribution >= 4 is 76.3 Å². The number of anilines is 1. The van der Waals surface area contributed by atoms with E-state index in [9.17, 15) is 23.9 Å². The topological polar surface area (TPSA) is 220 Å². The standard InChI is InChI=1S/C31H29N5O11P2S/c32-31-34-28-25(29(38)35-31)33-13-36(28)30-27-26(37)22(45-30)12-42-48(39,40)46-20-10-19(44-21(20)11-43-49(41,50)47-27)17-8-6-16-5-4-14-2-1-3-15-7-9-18(17)24(16)23(14)15/h1-9,13,19-22,26-27,30,37H,10-12H2,(H,39,40)(H,41,50)(H3,32,34,35,38)/t19-,20-,21?,22?,26?,27?,30?,49?/m1/s1. The van der Waals surface area contributed by atoms with Crippen molar-refractivity contribution < 1.29 is 46.7 Å². The summed E-state index contributed by atoms with van der Waals surface area (Å²) in [6.45, 7) is -5.37. The number of thiol groups is 1. The number of rotatable bonds is 2. The molecular weight excluding hydrogens is 712 g/mol. The highest BCUT2D eigenvalue weighted by atomic mass is 32.7. The maximum absolute atomic E-state index is 13.7. The predicted molar refractivity (Wildman–Crippen MR) is 183 cm³/mol. The predicted octanol–water partition coefficient (Wildman–Crippen LogP) is 4.34. The van der Waals surface area contributed by atoms with Crippen molar-refractivity contribution in [1.29, 1.82) is 0 Å². The normalized spacial score (nSPS) is 33.9. The van der Waals surface area contributed by atoms with E-state index >= 15 is 0 Å². The molecule has 7 unspecified atom stereocenters. The molecule has 3 saturated heterocycles. The van der Waals surface area contributed by atoms with Gasteiger partial charge >= 0.3 is 14.6 Å². The van der Waals surface area contributed by atoms with Crippen molar-refractivity contribution in [3.8, 4) is 0 Å². The number of phosphoric acid groups is 1. The third-order valence-corrected chi connectivity index (χ3v) is 12.1. The molecule has 6 aromatic rings. The molecule has 9 rings (SSSR count). The van der Waals surface area contributed by atoms with E-state index in [1.807, 2.05) is 30.3 Å². The summed E-state index contributed by atoms with van der Waals surface area (Å²) in [6, 6.07) is 18.3. The van der Waals surface area contributed by atoms with E-state index in [2.05, 4.69) is 51.5 Å². The molecule has 0 spiro atoms. The van der Waals surface area contributed by atoms with Crippen molar-refractivity contribution in [3.05, 3.63) is 76.8 Å². The Morgan fingerprint density at radius 2 is 1.64 bits per heavy atom. The van der Waals surface area contributed by atoms with Crippen molar-refractivity contribution in [2.75, 3.05) is 18.9 Å². The van der Waals surface area contributed by atoms with Gasteiger partial charge in [0, 0.05) is 6.42 Å². The fourth-order valence-electron chi connectivity index (χ4n) is 7.26. The molecular formula is C31H29N5O11P2S. The van der Waals surface area contributed by atoms with Gasteiger partial charge in [-0.1, -0.05) is 66.8 Å². The van der Waals surface area contributed by atoms with Crippen molar-refractivity contribution in [2.45, 2.75) is 49.3 Å². The van der Waals surface area contributed by atoms with Gasteiger partial charge in [0.05, 0.1) is 25.6 Å². The number of aliphatic hydroxyl groups excluding tert-OH is 1. The van der Waals surface area contributed by atoms with Crippen LogP contribution in [0.3, 0.4) is 0 Å². The maximum atomic E-state index is 13.7. The third kappa shape index (κ3) is 5.45. The Kier molecular flexibility index (Phi) is 7.66. The molecule has 260 valence electrons. The number of phosphoric ester groups is 1. The highest BCUT2D eigenvalue weighted by Crippen LogP contribution is 2.58. The SMILES string of the molecule is Nc1nc2c(ncn2C2OC3COP(=O)(O)O[C@@H]4C[C@H](c5ccc6ccc7cccc8ccc5c6c78)OC4COP(=O)(S)OC2C3O)c(=O)[nH]1. The van der Waals surface area contributed by atoms with Crippen molar-refractivity contribution in [1.82, 2.24) is 19.5 Å². The van der Waals surface area contributed by atoms with Gasteiger partial charge in [0.1, 0.15) is 30.5 Å². The number of aliphatic hydroxyl groups is 1. The fourth-order valence-corrected chi connectivity index (χ4v) is 9.68. The molecule has 3 aliphatic rings. The number of aromatic nitrogens is 4. The number of nitrogen functional groups attached to an aromatic ring is 1. The highest BCUT2D eigenvalue weighted by Gasteiger charge is 2.51. The van der Waals surface area contributed by atoms with Crippen LogP contribution in [-0.4, -0.2) is 73.3 Å². The van der Waals surface area contributed by atoms with E-state index in [0.29, 0.717) is 0 Å².